The van der Waals surface area contributed by atoms with E-state index in [0.717, 1.165) is 22.6 Å². The van der Waals surface area contributed by atoms with Gasteiger partial charge in [0.15, 0.2) is 5.65 Å². The van der Waals surface area contributed by atoms with Crippen LogP contribution in [-0.2, 0) is 7.05 Å². The first-order valence-corrected chi connectivity index (χ1v) is 10.6. The molecule has 0 atom stereocenters. The minimum atomic E-state index is -0.179. The summed E-state index contributed by atoms with van der Waals surface area (Å²) in [6, 6.07) is 16.5. The number of imidazole rings is 1. The number of pyridine rings is 1. The van der Waals surface area contributed by atoms with Crippen LogP contribution in [0.15, 0.2) is 67.0 Å². The highest BCUT2D eigenvalue weighted by molar-refractivity contribution is 6.34. The molecule has 2 aromatic carbocycles. The zero-order chi connectivity index (χ0) is 22.9. The van der Waals surface area contributed by atoms with Gasteiger partial charge in [-0.3, -0.25) is 9.48 Å². The van der Waals surface area contributed by atoms with E-state index in [2.05, 4.69) is 30.7 Å². The van der Waals surface area contributed by atoms with Crippen LogP contribution < -0.4 is 10.6 Å². The minimum Gasteiger partial charge on any atom is -0.352 e. The van der Waals surface area contributed by atoms with Crippen molar-refractivity contribution in [3.63, 3.8) is 0 Å². The molecule has 0 fully saturated rings. The van der Waals surface area contributed by atoms with Gasteiger partial charge in [-0.25, -0.2) is 9.97 Å². The molecule has 3 heterocycles. The molecule has 0 aliphatic rings. The molecule has 3 N–H and O–H groups in total. The van der Waals surface area contributed by atoms with Crippen LogP contribution >= 0.6 is 11.6 Å². The van der Waals surface area contributed by atoms with Crippen molar-refractivity contribution in [2.75, 3.05) is 10.6 Å². The number of nitrogens with one attached hydrogen (secondary N) is 3. The van der Waals surface area contributed by atoms with Gasteiger partial charge >= 0.3 is 0 Å². The second kappa shape index (κ2) is 8.40. The number of hydrogen-bond acceptors (Lipinski definition) is 5. The fourth-order valence-corrected chi connectivity index (χ4v) is 3.78. The zero-order valence-electron chi connectivity index (χ0n) is 17.9. The van der Waals surface area contributed by atoms with E-state index in [1.165, 1.54) is 0 Å². The van der Waals surface area contributed by atoms with Gasteiger partial charge in [0.1, 0.15) is 11.3 Å². The quantitative estimate of drug-likeness (QED) is 0.332. The van der Waals surface area contributed by atoms with Crippen molar-refractivity contribution in [1.29, 1.82) is 0 Å². The number of aromatic nitrogens is 5. The summed E-state index contributed by atoms with van der Waals surface area (Å²) < 4.78 is 1.74. The van der Waals surface area contributed by atoms with Gasteiger partial charge in [-0.1, -0.05) is 29.8 Å². The van der Waals surface area contributed by atoms with Crippen LogP contribution in [0.3, 0.4) is 0 Å². The standard InChI is InChI=1S/C24H20ClN7O/c1-14-18(13-32(2)31-14)22-29-21-20(19(25)12-26-23(21)30-22)27-17-10-8-15(9-11-17)24(33)28-16-6-4-3-5-7-16/h3-13H,1-2H3,(H,28,33)(H2,26,27,29,30). The molecule has 1 amide bonds. The van der Waals surface area contributed by atoms with E-state index >= 15 is 0 Å². The van der Waals surface area contributed by atoms with Crippen LogP contribution in [-0.4, -0.2) is 30.6 Å². The maximum absolute atomic E-state index is 12.5. The predicted octanol–water partition coefficient (Wildman–Crippen LogP) is 5.32. The molecule has 0 saturated carbocycles. The summed E-state index contributed by atoms with van der Waals surface area (Å²) in [4.78, 5) is 24.8. The minimum absolute atomic E-state index is 0.179. The second-order valence-electron chi connectivity index (χ2n) is 7.59. The molecule has 0 unspecified atom stereocenters. The Kier molecular flexibility index (Phi) is 5.27. The molecule has 3 aromatic heterocycles. The Morgan fingerprint density at radius 2 is 1.82 bits per heavy atom. The third kappa shape index (κ3) is 4.16. The maximum atomic E-state index is 12.5. The van der Waals surface area contributed by atoms with Crippen LogP contribution in [0.2, 0.25) is 5.02 Å². The topological polar surface area (TPSA) is 101 Å². The summed E-state index contributed by atoms with van der Waals surface area (Å²) in [6.07, 6.45) is 3.47. The Hall–Kier alpha value is -4.17. The van der Waals surface area contributed by atoms with E-state index in [1.807, 2.05) is 62.6 Å². The number of carbonyl (C=O) groups excluding carboxylic acids is 1. The number of aryl methyl sites for hydroxylation is 2. The first-order valence-electron chi connectivity index (χ1n) is 10.3. The van der Waals surface area contributed by atoms with E-state index in [4.69, 9.17) is 11.6 Å². The van der Waals surface area contributed by atoms with Gasteiger partial charge in [-0.2, -0.15) is 5.10 Å². The number of benzene rings is 2. The number of rotatable bonds is 5. The number of H-pyrrole nitrogens is 1. The number of anilines is 3. The molecular formula is C24H20ClN7O. The molecule has 0 bridgehead atoms. The summed E-state index contributed by atoms with van der Waals surface area (Å²) in [7, 11) is 1.87. The number of halogens is 1. The van der Waals surface area contributed by atoms with E-state index in [9.17, 15) is 4.79 Å². The smallest absolute Gasteiger partial charge is 0.255 e. The highest BCUT2D eigenvalue weighted by atomic mass is 35.5. The van der Waals surface area contributed by atoms with Crippen LogP contribution in [0.1, 0.15) is 16.1 Å². The fourth-order valence-electron chi connectivity index (χ4n) is 3.59. The molecule has 5 rings (SSSR count). The molecule has 0 aliphatic carbocycles. The van der Waals surface area contributed by atoms with Crippen molar-refractivity contribution < 1.29 is 4.79 Å². The highest BCUT2D eigenvalue weighted by Gasteiger charge is 2.16. The van der Waals surface area contributed by atoms with Gasteiger partial charge in [0.2, 0.25) is 0 Å². The van der Waals surface area contributed by atoms with Crippen LogP contribution in [0.25, 0.3) is 22.6 Å². The Labute approximate surface area is 194 Å². The number of amides is 1. The second-order valence-corrected chi connectivity index (χ2v) is 8.00. The van der Waals surface area contributed by atoms with Gasteiger partial charge in [-0.05, 0) is 43.3 Å². The first-order chi connectivity index (χ1) is 16.0. The molecule has 0 aliphatic heterocycles. The van der Waals surface area contributed by atoms with Crippen LogP contribution in [0.5, 0.6) is 0 Å². The highest BCUT2D eigenvalue weighted by Crippen LogP contribution is 2.33. The van der Waals surface area contributed by atoms with Crippen molar-refractivity contribution in [1.82, 2.24) is 24.7 Å². The van der Waals surface area contributed by atoms with Crippen LogP contribution in [0, 0.1) is 6.92 Å². The van der Waals surface area contributed by atoms with Gasteiger partial charge < -0.3 is 15.6 Å². The Morgan fingerprint density at radius 1 is 1.06 bits per heavy atom. The van der Waals surface area contributed by atoms with Gasteiger partial charge in [0.25, 0.3) is 5.91 Å². The average molecular weight is 458 g/mol. The van der Waals surface area contributed by atoms with E-state index in [0.29, 0.717) is 33.3 Å². The molecular weight excluding hydrogens is 438 g/mol. The van der Waals surface area contributed by atoms with E-state index in [1.54, 1.807) is 23.0 Å². The Morgan fingerprint density at radius 3 is 2.52 bits per heavy atom. The number of aromatic amines is 1. The average Bonchev–Trinajstić information content (AvgIpc) is 3.39. The summed E-state index contributed by atoms with van der Waals surface area (Å²) in [6.45, 7) is 1.93. The molecule has 0 saturated heterocycles. The summed E-state index contributed by atoms with van der Waals surface area (Å²) >= 11 is 6.46. The number of carbonyl (C=O) groups is 1. The lowest BCUT2D eigenvalue weighted by molar-refractivity contribution is 0.102. The lowest BCUT2D eigenvalue weighted by atomic mass is 10.2. The van der Waals surface area contributed by atoms with Crippen molar-refractivity contribution in [2.45, 2.75) is 6.92 Å². The summed E-state index contributed by atoms with van der Waals surface area (Å²) in [5, 5.41) is 11.0. The van der Waals surface area contributed by atoms with Gasteiger partial charge in [-0.15, -0.1) is 0 Å². The van der Waals surface area contributed by atoms with Crippen molar-refractivity contribution >= 4 is 45.7 Å². The molecule has 8 nitrogen and oxygen atoms in total. The molecule has 0 radical (unpaired) electrons. The lowest BCUT2D eigenvalue weighted by Gasteiger charge is -2.10. The Balaban J connectivity index is 1.41. The third-order valence-electron chi connectivity index (χ3n) is 5.19. The van der Waals surface area contributed by atoms with Crippen molar-refractivity contribution in [3.05, 3.63) is 83.3 Å². The lowest BCUT2D eigenvalue weighted by Crippen LogP contribution is -2.11. The Bertz CT molecular complexity index is 1460. The van der Waals surface area contributed by atoms with E-state index in [-0.39, 0.29) is 5.91 Å². The number of fused-ring (bicyclic) bond motifs is 1. The third-order valence-corrected chi connectivity index (χ3v) is 5.48. The van der Waals surface area contributed by atoms with Crippen molar-refractivity contribution in [3.8, 4) is 11.4 Å². The largest absolute Gasteiger partial charge is 0.352 e. The van der Waals surface area contributed by atoms with Crippen LogP contribution in [0.4, 0.5) is 17.1 Å². The normalized spacial score (nSPS) is 11.0. The predicted molar refractivity (Wildman–Crippen MR) is 130 cm³/mol. The van der Waals surface area contributed by atoms with Gasteiger partial charge in [0.05, 0.1) is 28.2 Å². The molecule has 33 heavy (non-hydrogen) atoms. The maximum Gasteiger partial charge on any atom is 0.255 e. The zero-order valence-corrected chi connectivity index (χ0v) is 18.7. The SMILES string of the molecule is Cc1nn(C)cc1-c1nc2ncc(Cl)c(Nc3ccc(C(=O)Nc4ccccc4)cc3)c2[nH]1. The molecule has 9 heteroatoms. The summed E-state index contributed by atoms with van der Waals surface area (Å²) in [5.41, 5.74) is 5.71. The monoisotopic (exact) mass is 457 g/mol. The molecule has 164 valence electrons. The van der Waals surface area contributed by atoms with E-state index < -0.39 is 0 Å². The fraction of sp³-hybridized carbons (Fsp3) is 0.0833. The number of nitrogens with zero attached hydrogens (tertiary/aromatic N) is 4. The van der Waals surface area contributed by atoms with Crippen molar-refractivity contribution in [2.24, 2.45) is 7.05 Å². The molecule has 5 aromatic rings. The number of hydrogen-bond donors (Lipinski definition) is 3. The van der Waals surface area contributed by atoms with Gasteiger partial charge in [0, 0.05) is 30.2 Å². The number of para-hydroxylation sites is 1. The summed E-state index contributed by atoms with van der Waals surface area (Å²) in [5.74, 6) is 0.489. The first kappa shape index (κ1) is 20.7. The molecule has 0 spiro atoms.